The van der Waals surface area contributed by atoms with Gasteiger partial charge in [-0.1, -0.05) is 30.3 Å². The van der Waals surface area contributed by atoms with Crippen LogP contribution in [-0.2, 0) is 20.8 Å². The number of nitrogens with two attached hydrogens (primary N) is 2. The number of nitrogens with one attached hydrogen (secondary N) is 2. The lowest BCUT2D eigenvalue weighted by atomic mass is 10.0. The summed E-state index contributed by atoms with van der Waals surface area (Å²) in [5.74, 6) is -1.81. The van der Waals surface area contributed by atoms with Gasteiger partial charge in [0.1, 0.15) is 6.04 Å². The highest BCUT2D eigenvalue weighted by Gasteiger charge is 2.21. The topological polar surface area (TPSA) is 160 Å². The molecule has 1 aromatic rings. The summed E-state index contributed by atoms with van der Waals surface area (Å²) in [5, 5.41) is 14.1. The number of carboxylic acid groups (broad SMARTS) is 1. The lowest BCUT2D eigenvalue weighted by Crippen LogP contribution is -2.48. The van der Waals surface area contributed by atoms with E-state index in [1.165, 1.54) is 0 Å². The van der Waals surface area contributed by atoms with Crippen molar-refractivity contribution in [2.24, 2.45) is 16.5 Å². The van der Waals surface area contributed by atoms with E-state index in [4.69, 9.17) is 16.6 Å². The molecule has 0 bridgehead atoms. The third kappa shape index (κ3) is 10.5. The summed E-state index contributed by atoms with van der Waals surface area (Å²) in [6.45, 7) is 0.909. The summed E-state index contributed by atoms with van der Waals surface area (Å²) < 4.78 is 0. The van der Waals surface area contributed by atoms with Crippen LogP contribution in [0.5, 0.6) is 0 Å². The van der Waals surface area contributed by atoms with Gasteiger partial charge in [0.15, 0.2) is 5.96 Å². The Labute approximate surface area is 158 Å². The smallest absolute Gasteiger partial charge is 0.303 e. The van der Waals surface area contributed by atoms with Gasteiger partial charge in [-0.3, -0.25) is 19.4 Å². The van der Waals surface area contributed by atoms with Gasteiger partial charge in [0.05, 0.1) is 6.42 Å². The fourth-order valence-corrected chi connectivity index (χ4v) is 2.33. The Hall–Kier alpha value is -3.10. The maximum atomic E-state index is 12.5. The zero-order chi connectivity index (χ0) is 20.1. The molecule has 1 unspecified atom stereocenters. The molecule has 0 heterocycles. The highest BCUT2D eigenvalue weighted by molar-refractivity contribution is 5.88. The molecule has 0 aromatic heterocycles. The number of amides is 2. The third-order valence-corrected chi connectivity index (χ3v) is 3.68. The Morgan fingerprint density at radius 2 is 1.78 bits per heavy atom. The number of guanidine groups is 1. The van der Waals surface area contributed by atoms with E-state index in [1.54, 1.807) is 0 Å². The molecular formula is C18H27N5O4. The van der Waals surface area contributed by atoms with Crippen molar-refractivity contribution in [3.05, 3.63) is 35.9 Å². The second kappa shape index (κ2) is 12.3. The quantitative estimate of drug-likeness (QED) is 0.192. The number of nitrogens with zero attached hydrogens (tertiary/aromatic N) is 1. The number of rotatable bonds is 12. The van der Waals surface area contributed by atoms with E-state index in [-0.39, 0.29) is 24.7 Å². The van der Waals surface area contributed by atoms with Crippen LogP contribution in [0.4, 0.5) is 0 Å². The maximum absolute atomic E-state index is 12.5. The highest BCUT2D eigenvalue weighted by Crippen LogP contribution is 2.04. The fraction of sp³-hybridized carbons (Fsp3) is 0.444. The molecule has 7 N–H and O–H groups in total. The molecule has 0 aliphatic heterocycles. The molecule has 0 spiro atoms. The van der Waals surface area contributed by atoms with Gasteiger partial charge in [0.25, 0.3) is 0 Å². The monoisotopic (exact) mass is 377 g/mol. The van der Waals surface area contributed by atoms with E-state index in [0.717, 1.165) is 5.56 Å². The van der Waals surface area contributed by atoms with Crippen LogP contribution in [0.15, 0.2) is 35.3 Å². The number of carbonyl (C=O) groups is 3. The largest absolute Gasteiger partial charge is 0.481 e. The second-order valence-corrected chi connectivity index (χ2v) is 6.01. The standard InChI is InChI=1S/C18H27N5O4/c19-18(20)22-11-5-4-10-21-17(27)14(12-13-6-2-1-3-7-13)23-15(24)8-9-16(25)26/h1-3,6-7,14H,4-5,8-12H2,(H,21,27)(H,23,24)(H,25,26)(H4,19,20,22). The predicted octanol–water partition coefficient (Wildman–Crippen LogP) is -0.251. The Bertz CT molecular complexity index is 644. The van der Waals surface area contributed by atoms with Crippen LogP contribution in [0.25, 0.3) is 0 Å². The van der Waals surface area contributed by atoms with Crippen molar-refractivity contribution in [3.63, 3.8) is 0 Å². The van der Waals surface area contributed by atoms with Crippen LogP contribution >= 0.6 is 0 Å². The second-order valence-electron chi connectivity index (χ2n) is 6.01. The molecule has 1 aromatic carbocycles. The molecule has 2 amide bonds. The Balaban J connectivity index is 2.55. The van der Waals surface area contributed by atoms with E-state index in [9.17, 15) is 14.4 Å². The predicted molar refractivity (Wildman–Crippen MR) is 102 cm³/mol. The van der Waals surface area contributed by atoms with Crippen LogP contribution < -0.4 is 22.1 Å². The minimum atomic E-state index is -1.06. The molecule has 1 atom stereocenters. The van der Waals surface area contributed by atoms with Crippen LogP contribution in [0.1, 0.15) is 31.2 Å². The molecule has 0 saturated heterocycles. The zero-order valence-electron chi connectivity index (χ0n) is 15.2. The number of hydrogen-bond acceptors (Lipinski definition) is 4. The molecule has 0 radical (unpaired) electrons. The summed E-state index contributed by atoms with van der Waals surface area (Å²) >= 11 is 0. The number of benzene rings is 1. The molecule has 27 heavy (non-hydrogen) atoms. The third-order valence-electron chi connectivity index (χ3n) is 3.68. The van der Waals surface area contributed by atoms with Crippen molar-refractivity contribution in [1.82, 2.24) is 10.6 Å². The van der Waals surface area contributed by atoms with Crippen molar-refractivity contribution < 1.29 is 19.5 Å². The van der Waals surface area contributed by atoms with Crippen molar-refractivity contribution >= 4 is 23.7 Å². The van der Waals surface area contributed by atoms with Crippen molar-refractivity contribution in [2.75, 3.05) is 13.1 Å². The number of carboxylic acids is 1. The molecule has 9 nitrogen and oxygen atoms in total. The van der Waals surface area contributed by atoms with Crippen LogP contribution in [0.2, 0.25) is 0 Å². The molecule has 0 fully saturated rings. The molecule has 0 saturated carbocycles. The Morgan fingerprint density at radius 1 is 1.07 bits per heavy atom. The molecular weight excluding hydrogens is 350 g/mol. The Morgan fingerprint density at radius 3 is 2.41 bits per heavy atom. The molecule has 148 valence electrons. The van der Waals surface area contributed by atoms with Crippen LogP contribution in [-0.4, -0.2) is 48.0 Å². The first-order chi connectivity index (χ1) is 12.9. The lowest BCUT2D eigenvalue weighted by Gasteiger charge is -2.18. The minimum absolute atomic E-state index is 0.0334. The van der Waals surface area contributed by atoms with Gasteiger partial charge in [0.2, 0.25) is 11.8 Å². The first-order valence-corrected chi connectivity index (χ1v) is 8.76. The van der Waals surface area contributed by atoms with Gasteiger partial charge in [-0.2, -0.15) is 0 Å². The Kier molecular flexibility index (Phi) is 9.98. The summed E-state index contributed by atoms with van der Waals surface area (Å²) in [6, 6.07) is 8.50. The van der Waals surface area contributed by atoms with E-state index < -0.39 is 17.9 Å². The summed E-state index contributed by atoms with van der Waals surface area (Å²) in [4.78, 5) is 38.9. The van der Waals surface area contributed by atoms with Crippen LogP contribution in [0.3, 0.4) is 0 Å². The average molecular weight is 377 g/mol. The van der Waals surface area contributed by atoms with Gasteiger partial charge in [-0.25, -0.2) is 0 Å². The number of hydrogen-bond donors (Lipinski definition) is 5. The zero-order valence-corrected chi connectivity index (χ0v) is 15.2. The summed E-state index contributed by atoms with van der Waals surface area (Å²) in [5.41, 5.74) is 11.4. The van der Waals surface area contributed by atoms with Crippen molar-refractivity contribution in [1.29, 1.82) is 0 Å². The van der Waals surface area contributed by atoms with Gasteiger partial charge >= 0.3 is 5.97 Å². The number of carbonyl (C=O) groups excluding carboxylic acids is 2. The van der Waals surface area contributed by atoms with Crippen molar-refractivity contribution in [2.45, 2.75) is 38.1 Å². The summed E-state index contributed by atoms with van der Waals surface area (Å²) in [7, 11) is 0. The first-order valence-electron chi connectivity index (χ1n) is 8.76. The molecule has 1 rings (SSSR count). The van der Waals surface area contributed by atoms with E-state index in [2.05, 4.69) is 15.6 Å². The lowest BCUT2D eigenvalue weighted by molar-refractivity contribution is -0.139. The normalized spacial score (nSPS) is 11.3. The van der Waals surface area contributed by atoms with Crippen molar-refractivity contribution in [3.8, 4) is 0 Å². The average Bonchev–Trinajstić information content (AvgIpc) is 2.62. The van der Waals surface area contributed by atoms with E-state index in [0.29, 0.717) is 32.4 Å². The fourth-order valence-electron chi connectivity index (χ4n) is 2.33. The van der Waals surface area contributed by atoms with Crippen LogP contribution in [0, 0.1) is 0 Å². The molecule has 0 aliphatic carbocycles. The molecule has 0 aliphatic rings. The van der Waals surface area contributed by atoms with Gasteiger partial charge in [-0.05, 0) is 18.4 Å². The van der Waals surface area contributed by atoms with E-state index in [1.807, 2.05) is 30.3 Å². The maximum Gasteiger partial charge on any atom is 0.303 e. The first kappa shape index (κ1) is 21.9. The number of aliphatic imine (C=N–C) groups is 1. The number of aliphatic carboxylic acids is 1. The van der Waals surface area contributed by atoms with Gasteiger partial charge < -0.3 is 27.2 Å². The van der Waals surface area contributed by atoms with Gasteiger partial charge in [-0.15, -0.1) is 0 Å². The minimum Gasteiger partial charge on any atom is -0.481 e. The molecule has 9 heteroatoms. The highest BCUT2D eigenvalue weighted by atomic mass is 16.4. The summed E-state index contributed by atoms with van der Waals surface area (Å²) in [6.07, 6.45) is 1.27. The van der Waals surface area contributed by atoms with E-state index >= 15 is 0 Å². The number of unbranched alkanes of at least 4 members (excludes halogenated alkanes) is 1. The SMILES string of the molecule is NC(N)=NCCCCNC(=O)C(Cc1ccccc1)NC(=O)CCC(=O)O. The van der Waals surface area contributed by atoms with Gasteiger partial charge in [0, 0.05) is 25.9 Å².